The standard InChI is InChI=1S/C28H25N5O4S/c1-36-22-11-8-19(9-12-22)16-29-27-18-31-32-25-13-10-20(14-24(25)27)21-15-26(28(37-2)30-17-21)33-38(34,35)23-6-4-3-5-7-23/h3-15,17-18,33H,16H2,1-2H3,(H,29,32). The summed E-state index contributed by atoms with van der Waals surface area (Å²) in [6.45, 7) is 0.588. The first-order valence-electron chi connectivity index (χ1n) is 11.7. The molecule has 0 atom stereocenters. The molecule has 10 heteroatoms. The number of hydrogen-bond donors (Lipinski definition) is 2. The number of pyridine rings is 1. The second-order valence-corrected chi connectivity index (χ2v) is 10.1. The first-order chi connectivity index (χ1) is 18.5. The van der Waals surface area contributed by atoms with Gasteiger partial charge in [-0.1, -0.05) is 36.4 Å². The molecule has 0 aliphatic rings. The van der Waals surface area contributed by atoms with Gasteiger partial charge < -0.3 is 14.8 Å². The van der Waals surface area contributed by atoms with Crippen LogP contribution in [0.4, 0.5) is 11.4 Å². The van der Waals surface area contributed by atoms with Crippen molar-refractivity contribution in [3.8, 4) is 22.8 Å². The Labute approximate surface area is 220 Å². The molecule has 5 aromatic rings. The molecule has 192 valence electrons. The van der Waals surface area contributed by atoms with Gasteiger partial charge in [-0.3, -0.25) is 4.72 Å². The smallest absolute Gasteiger partial charge is 0.262 e. The SMILES string of the molecule is COc1ccc(CNc2cnnc3ccc(-c4cnc(OC)c(NS(=O)(=O)c5ccccc5)c4)cc23)cc1. The van der Waals surface area contributed by atoms with Crippen LogP contribution in [0.2, 0.25) is 0 Å². The number of hydrogen-bond acceptors (Lipinski definition) is 8. The van der Waals surface area contributed by atoms with E-state index < -0.39 is 10.0 Å². The predicted molar refractivity (Wildman–Crippen MR) is 147 cm³/mol. The molecular weight excluding hydrogens is 502 g/mol. The van der Waals surface area contributed by atoms with E-state index in [1.165, 1.54) is 19.2 Å². The summed E-state index contributed by atoms with van der Waals surface area (Å²) in [7, 11) is -0.750. The number of anilines is 2. The Kier molecular flexibility index (Phi) is 7.05. The van der Waals surface area contributed by atoms with Gasteiger partial charge >= 0.3 is 0 Å². The van der Waals surface area contributed by atoms with Gasteiger partial charge in [-0.2, -0.15) is 10.2 Å². The maximum Gasteiger partial charge on any atom is 0.262 e. The summed E-state index contributed by atoms with van der Waals surface area (Å²) < 4.78 is 39.0. The van der Waals surface area contributed by atoms with Crippen LogP contribution >= 0.6 is 0 Å². The average Bonchev–Trinajstić information content (AvgIpc) is 2.96. The third-order valence-electron chi connectivity index (χ3n) is 5.96. The van der Waals surface area contributed by atoms with E-state index in [9.17, 15) is 8.42 Å². The second-order valence-electron chi connectivity index (χ2n) is 8.39. The van der Waals surface area contributed by atoms with Crippen molar-refractivity contribution in [2.24, 2.45) is 0 Å². The summed E-state index contributed by atoms with van der Waals surface area (Å²) in [5.74, 6) is 0.967. The summed E-state index contributed by atoms with van der Waals surface area (Å²) in [5.41, 5.74) is 4.39. The van der Waals surface area contributed by atoms with E-state index in [1.807, 2.05) is 42.5 Å². The molecule has 0 spiro atoms. The molecule has 2 N–H and O–H groups in total. The number of benzene rings is 3. The number of sulfonamides is 1. The number of aromatic nitrogens is 3. The Morgan fingerprint density at radius 3 is 2.34 bits per heavy atom. The largest absolute Gasteiger partial charge is 0.497 e. The van der Waals surface area contributed by atoms with Crippen molar-refractivity contribution in [1.29, 1.82) is 0 Å². The lowest BCUT2D eigenvalue weighted by Gasteiger charge is -2.14. The van der Waals surface area contributed by atoms with Gasteiger partial charge in [-0.15, -0.1) is 0 Å². The first-order valence-corrected chi connectivity index (χ1v) is 13.2. The monoisotopic (exact) mass is 527 g/mol. The van der Waals surface area contributed by atoms with Crippen molar-refractivity contribution >= 4 is 32.3 Å². The Hall–Kier alpha value is -4.70. The molecule has 0 radical (unpaired) electrons. The van der Waals surface area contributed by atoms with E-state index in [0.717, 1.165) is 33.5 Å². The number of ether oxygens (including phenoxy) is 2. The lowest BCUT2D eigenvalue weighted by molar-refractivity contribution is 0.400. The summed E-state index contributed by atoms with van der Waals surface area (Å²) in [4.78, 5) is 4.48. The summed E-state index contributed by atoms with van der Waals surface area (Å²) >= 11 is 0. The van der Waals surface area contributed by atoms with E-state index >= 15 is 0 Å². The third kappa shape index (κ3) is 5.35. The lowest BCUT2D eigenvalue weighted by Crippen LogP contribution is -2.14. The van der Waals surface area contributed by atoms with E-state index in [0.29, 0.717) is 12.1 Å². The fourth-order valence-electron chi connectivity index (χ4n) is 3.97. The summed E-state index contributed by atoms with van der Waals surface area (Å²) in [5, 5.41) is 12.7. The summed E-state index contributed by atoms with van der Waals surface area (Å²) in [6, 6.07) is 23.4. The molecule has 0 saturated heterocycles. The molecule has 3 aromatic carbocycles. The van der Waals surface area contributed by atoms with Crippen LogP contribution in [0.15, 0.2) is 96.2 Å². The Balaban J connectivity index is 1.46. The zero-order valence-corrected chi connectivity index (χ0v) is 21.6. The van der Waals surface area contributed by atoms with Crippen molar-refractivity contribution in [2.75, 3.05) is 24.3 Å². The topological polar surface area (TPSA) is 115 Å². The molecule has 2 aromatic heterocycles. The number of methoxy groups -OCH3 is 2. The van der Waals surface area contributed by atoms with E-state index in [-0.39, 0.29) is 16.5 Å². The minimum atomic E-state index is -3.83. The fourth-order valence-corrected chi connectivity index (χ4v) is 5.04. The number of nitrogens with zero attached hydrogens (tertiary/aromatic N) is 3. The Bertz CT molecular complexity index is 1680. The number of nitrogens with one attached hydrogen (secondary N) is 2. The van der Waals surface area contributed by atoms with Crippen molar-refractivity contribution in [1.82, 2.24) is 15.2 Å². The van der Waals surface area contributed by atoms with Crippen LogP contribution < -0.4 is 19.5 Å². The highest BCUT2D eigenvalue weighted by Crippen LogP contribution is 2.32. The van der Waals surface area contributed by atoms with Gasteiger partial charge in [-0.05, 0) is 53.6 Å². The molecule has 0 fully saturated rings. The average molecular weight is 528 g/mol. The molecule has 0 amide bonds. The van der Waals surface area contributed by atoms with E-state index in [2.05, 4.69) is 25.2 Å². The van der Waals surface area contributed by atoms with Crippen LogP contribution in [0, 0.1) is 0 Å². The van der Waals surface area contributed by atoms with Gasteiger partial charge in [0.1, 0.15) is 11.4 Å². The van der Waals surface area contributed by atoms with Crippen molar-refractivity contribution in [2.45, 2.75) is 11.4 Å². The van der Waals surface area contributed by atoms with Gasteiger partial charge in [0.2, 0.25) is 5.88 Å². The maximum absolute atomic E-state index is 12.9. The highest BCUT2D eigenvalue weighted by Gasteiger charge is 2.18. The van der Waals surface area contributed by atoms with Crippen LogP contribution in [0.3, 0.4) is 0 Å². The summed E-state index contributed by atoms with van der Waals surface area (Å²) in [6.07, 6.45) is 3.32. The van der Waals surface area contributed by atoms with Crippen molar-refractivity contribution in [3.63, 3.8) is 0 Å². The molecule has 0 bridgehead atoms. The van der Waals surface area contributed by atoms with E-state index in [1.54, 1.807) is 43.8 Å². The molecular formula is C28H25N5O4S. The van der Waals surface area contributed by atoms with Crippen LogP contribution in [0.25, 0.3) is 22.0 Å². The van der Waals surface area contributed by atoms with Crippen molar-refractivity contribution in [3.05, 3.63) is 96.8 Å². The first kappa shape index (κ1) is 25.0. The second kappa shape index (κ2) is 10.7. The normalized spacial score (nSPS) is 11.2. The maximum atomic E-state index is 12.9. The minimum Gasteiger partial charge on any atom is -0.497 e. The van der Waals surface area contributed by atoms with Crippen LogP contribution in [0.5, 0.6) is 11.6 Å². The highest BCUT2D eigenvalue weighted by atomic mass is 32.2. The van der Waals surface area contributed by atoms with Gasteiger partial charge in [0.25, 0.3) is 10.0 Å². The molecule has 38 heavy (non-hydrogen) atoms. The Morgan fingerprint density at radius 1 is 0.816 bits per heavy atom. The van der Waals surface area contributed by atoms with Gasteiger partial charge in [0, 0.05) is 23.7 Å². The molecule has 0 aliphatic heterocycles. The minimum absolute atomic E-state index is 0.143. The molecule has 5 rings (SSSR count). The molecule has 2 heterocycles. The molecule has 9 nitrogen and oxygen atoms in total. The number of fused-ring (bicyclic) bond motifs is 1. The van der Waals surface area contributed by atoms with Gasteiger partial charge in [-0.25, -0.2) is 13.4 Å². The van der Waals surface area contributed by atoms with Crippen LogP contribution in [0.1, 0.15) is 5.56 Å². The van der Waals surface area contributed by atoms with Crippen LogP contribution in [-0.4, -0.2) is 37.8 Å². The fraction of sp³-hybridized carbons (Fsp3) is 0.107. The zero-order chi connectivity index (χ0) is 26.5. The van der Waals surface area contributed by atoms with Gasteiger partial charge in [0.05, 0.1) is 36.5 Å². The quantitative estimate of drug-likeness (QED) is 0.271. The van der Waals surface area contributed by atoms with Gasteiger partial charge in [0.15, 0.2) is 0 Å². The third-order valence-corrected chi connectivity index (χ3v) is 7.34. The predicted octanol–water partition coefficient (Wildman–Crippen LogP) is 5.12. The van der Waals surface area contributed by atoms with Crippen LogP contribution in [-0.2, 0) is 16.6 Å². The van der Waals surface area contributed by atoms with Crippen molar-refractivity contribution < 1.29 is 17.9 Å². The molecule has 0 aliphatic carbocycles. The molecule has 0 unspecified atom stereocenters. The van der Waals surface area contributed by atoms with E-state index in [4.69, 9.17) is 9.47 Å². The lowest BCUT2D eigenvalue weighted by atomic mass is 10.0. The number of rotatable bonds is 9. The Morgan fingerprint density at radius 2 is 1.61 bits per heavy atom. The highest BCUT2D eigenvalue weighted by molar-refractivity contribution is 7.92. The zero-order valence-electron chi connectivity index (χ0n) is 20.8. The molecule has 0 saturated carbocycles.